The van der Waals surface area contributed by atoms with Gasteiger partial charge in [-0.05, 0) is 29.2 Å². The molecular formula is C34H36N4O6. The summed E-state index contributed by atoms with van der Waals surface area (Å²) in [7, 11) is 1.41. The summed E-state index contributed by atoms with van der Waals surface area (Å²) in [4.78, 5) is 56.6. The number of ether oxygens (including phenoxy) is 2. The van der Waals surface area contributed by atoms with E-state index in [2.05, 4.69) is 20.9 Å². The Morgan fingerprint density at radius 1 is 0.773 bits per heavy atom. The molecule has 0 aliphatic rings. The molecule has 0 radical (unpaired) electrons. The first-order valence-corrected chi connectivity index (χ1v) is 14.4. The van der Waals surface area contributed by atoms with E-state index in [0.29, 0.717) is 6.42 Å². The van der Waals surface area contributed by atoms with Crippen molar-refractivity contribution in [3.63, 3.8) is 0 Å². The second-order valence-electron chi connectivity index (χ2n) is 10.2. The number of rotatable bonds is 15. The number of methoxy groups -OCH3 is 1. The number of benzene rings is 3. The molecule has 0 unspecified atom stereocenters. The number of nitrogens with zero attached hydrogens (tertiary/aromatic N) is 1. The molecule has 0 spiro atoms. The molecule has 0 fully saturated rings. The predicted molar refractivity (Wildman–Crippen MR) is 165 cm³/mol. The Balaban J connectivity index is 1.40. The van der Waals surface area contributed by atoms with Crippen molar-refractivity contribution in [1.29, 1.82) is 0 Å². The van der Waals surface area contributed by atoms with Gasteiger partial charge in [-0.1, -0.05) is 84.9 Å². The summed E-state index contributed by atoms with van der Waals surface area (Å²) in [6.07, 6.45) is 1.82. The van der Waals surface area contributed by atoms with Gasteiger partial charge in [-0.15, -0.1) is 0 Å². The van der Waals surface area contributed by atoms with Crippen LogP contribution in [-0.4, -0.2) is 54.5 Å². The number of pyridine rings is 1. The van der Waals surface area contributed by atoms with Gasteiger partial charge >= 0.3 is 5.97 Å². The summed E-state index contributed by atoms with van der Waals surface area (Å²) in [6.45, 7) is 0.0704. The first-order chi connectivity index (χ1) is 21.4. The largest absolute Gasteiger partial charge is 0.461 e. The van der Waals surface area contributed by atoms with Crippen molar-refractivity contribution in [2.45, 2.75) is 44.5 Å². The van der Waals surface area contributed by atoms with Crippen LogP contribution in [0.1, 0.15) is 29.5 Å². The minimum Gasteiger partial charge on any atom is -0.461 e. The van der Waals surface area contributed by atoms with E-state index in [1.165, 1.54) is 7.11 Å². The van der Waals surface area contributed by atoms with Gasteiger partial charge in [-0.3, -0.25) is 24.2 Å². The maximum atomic E-state index is 13.4. The molecule has 4 rings (SSSR count). The number of fused-ring (bicyclic) bond motifs is 1. The summed E-state index contributed by atoms with van der Waals surface area (Å²) >= 11 is 0. The number of aromatic nitrogens is 1. The van der Waals surface area contributed by atoms with E-state index in [1.807, 2.05) is 91.0 Å². The van der Waals surface area contributed by atoms with Crippen molar-refractivity contribution < 1.29 is 28.7 Å². The van der Waals surface area contributed by atoms with E-state index in [1.54, 1.807) is 6.20 Å². The number of esters is 1. The third kappa shape index (κ3) is 9.74. The van der Waals surface area contributed by atoms with Gasteiger partial charge in [0.05, 0.1) is 18.5 Å². The molecule has 3 amide bonds. The first kappa shape index (κ1) is 31.8. The first-order valence-electron chi connectivity index (χ1n) is 14.4. The third-order valence-electron chi connectivity index (χ3n) is 6.88. The Morgan fingerprint density at radius 2 is 1.48 bits per heavy atom. The molecule has 4 aromatic rings. The van der Waals surface area contributed by atoms with Crippen molar-refractivity contribution in [3.05, 3.63) is 114 Å². The van der Waals surface area contributed by atoms with E-state index in [0.717, 1.165) is 27.6 Å². The van der Waals surface area contributed by atoms with Gasteiger partial charge in [0.2, 0.25) is 17.7 Å². The van der Waals surface area contributed by atoms with Crippen molar-refractivity contribution in [3.8, 4) is 0 Å². The highest BCUT2D eigenvalue weighted by Crippen LogP contribution is 2.15. The minimum atomic E-state index is -1.27. The molecule has 44 heavy (non-hydrogen) atoms. The van der Waals surface area contributed by atoms with E-state index in [-0.39, 0.29) is 26.2 Å². The number of carbonyl (C=O) groups excluding carboxylic acids is 4. The smallest absolute Gasteiger partial charge is 0.308 e. The highest BCUT2D eigenvalue weighted by molar-refractivity contribution is 5.94. The van der Waals surface area contributed by atoms with Gasteiger partial charge in [-0.2, -0.15) is 0 Å². The fraction of sp³-hybridized carbons (Fsp3) is 0.265. The van der Waals surface area contributed by atoms with Crippen LogP contribution in [0.15, 0.2) is 97.2 Å². The number of para-hydroxylation sites is 1. The summed E-state index contributed by atoms with van der Waals surface area (Å²) in [5.74, 6) is -2.29. The van der Waals surface area contributed by atoms with Crippen molar-refractivity contribution >= 4 is 34.6 Å². The summed E-state index contributed by atoms with van der Waals surface area (Å²) in [5, 5.41) is 9.05. The van der Waals surface area contributed by atoms with Crippen LogP contribution >= 0.6 is 0 Å². The lowest BCUT2D eigenvalue weighted by Gasteiger charge is -2.22. The topological polar surface area (TPSA) is 136 Å². The maximum absolute atomic E-state index is 13.4. The van der Waals surface area contributed by atoms with E-state index in [9.17, 15) is 19.2 Å². The highest BCUT2D eigenvalue weighted by Gasteiger charge is 2.29. The fourth-order valence-electron chi connectivity index (χ4n) is 4.58. The standard InChI is InChI=1S/C34H36N4O6/c1-43-23-29(33(41)36-21-27-15-8-14-26-16-9-19-35-32(26)27)38-34(42)28(20-31(40)44-22-25-12-6-3-7-13-25)37-30(39)18-17-24-10-4-2-5-11-24/h2-16,19,28-29H,17-18,20-23H2,1H3,(H,36,41)(H,37,39)(H,38,42)/t28-,29-/m0/s1. The average Bonchev–Trinajstić information content (AvgIpc) is 3.05. The molecule has 0 aliphatic carbocycles. The van der Waals surface area contributed by atoms with Crippen LogP contribution in [0.3, 0.4) is 0 Å². The molecule has 10 heteroatoms. The van der Waals surface area contributed by atoms with Crippen LogP contribution in [0, 0.1) is 0 Å². The van der Waals surface area contributed by atoms with Crippen LogP contribution < -0.4 is 16.0 Å². The quantitative estimate of drug-likeness (QED) is 0.179. The molecule has 3 N–H and O–H groups in total. The fourth-order valence-corrected chi connectivity index (χ4v) is 4.58. The van der Waals surface area contributed by atoms with Gasteiger partial charge < -0.3 is 25.4 Å². The molecule has 0 aliphatic heterocycles. The Labute approximate surface area is 256 Å². The molecule has 228 valence electrons. The molecule has 3 aromatic carbocycles. The lowest BCUT2D eigenvalue weighted by molar-refractivity contribution is -0.147. The highest BCUT2D eigenvalue weighted by atomic mass is 16.5. The van der Waals surface area contributed by atoms with Gasteiger partial charge in [0.15, 0.2) is 0 Å². The lowest BCUT2D eigenvalue weighted by atomic mass is 10.1. The van der Waals surface area contributed by atoms with Crippen LogP contribution in [0.2, 0.25) is 0 Å². The molecule has 1 heterocycles. The van der Waals surface area contributed by atoms with Crippen molar-refractivity contribution in [2.24, 2.45) is 0 Å². The van der Waals surface area contributed by atoms with E-state index in [4.69, 9.17) is 9.47 Å². The molecule has 2 atom stereocenters. The van der Waals surface area contributed by atoms with Gasteiger partial charge in [0, 0.05) is 31.7 Å². The van der Waals surface area contributed by atoms with Gasteiger partial charge in [0.1, 0.15) is 18.7 Å². The zero-order chi connectivity index (χ0) is 31.1. The number of nitrogens with one attached hydrogen (secondary N) is 3. The molecule has 10 nitrogen and oxygen atoms in total. The van der Waals surface area contributed by atoms with Crippen molar-refractivity contribution in [1.82, 2.24) is 20.9 Å². The summed E-state index contributed by atoms with van der Waals surface area (Å²) < 4.78 is 10.6. The normalized spacial score (nSPS) is 12.1. The zero-order valence-corrected chi connectivity index (χ0v) is 24.5. The predicted octanol–water partition coefficient (Wildman–Crippen LogP) is 3.23. The molecule has 0 saturated carbocycles. The molecule has 1 aromatic heterocycles. The lowest BCUT2D eigenvalue weighted by Crippen LogP contribution is -2.55. The molecule has 0 saturated heterocycles. The number of hydrogen-bond acceptors (Lipinski definition) is 7. The number of hydrogen-bond donors (Lipinski definition) is 3. The second kappa shape index (κ2) is 16.5. The number of aryl methyl sites for hydroxylation is 1. The van der Waals surface area contributed by atoms with Crippen LogP contribution in [0.4, 0.5) is 0 Å². The Morgan fingerprint density at radius 3 is 2.20 bits per heavy atom. The van der Waals surface area contributed by atoms with Crippen LogP contribution in [0.5, 0.6) is 0 Å². The average molecular weight is 597 g/mol. The monoisotopic (exact) mass is 596 g/mol. The molecular weight excluding hydrogens is 560 g/mol. The summed E-state index contributed by atoms with van der Waals surface area (Å²) in [6, 6.07) is 25.7. The van der Waals surface area contributed by atoms with Crippen LogP contribution in [-0.2, 0) is 48.2 Å². The summed E-state index contributed by atoms with van der Waals surface area (Å²) in [5.41, 5.74) is 3.31. The third-order valence-corrected chi connectivity index (χ3v) is 6.88. The van der Waals surface area contributed by atoms with Crippen molar-refractivity contribution in [2.75, 3.05) is 13.7 Å². The minimum absolute atomic E-state index is 0.0215. The number of amides is 3. The van der Waals surface area contributed by atoms with Crippen LogP contribution in [0.25, 0.3) is 10.9 Å². The maximum Gasteiger partial charge on any atom is 0.308 e. The molecule has 0 bridgehead atoms. The van der Waals surface area contributed by atoms with Gasteiger partial charge in [-0.25, -0.2) is 0 Å². The second-order valence-corrected chi connectivity index (χ2v) is 10.2. The zero-order valence-electron chi connectivity index (χ0n) is 24.5. The number of carbonyl (C=O) groups is 4. The van der Waals surface area contributed by atoms with Gasteiger partial charge in [0.25, 0.3) is 0 Å². The Hall–Kier alpha value is -5.09. The SMILES string of the molecule is COC[C@H](NC(=O)[C@H](CC(=O)OCc1ccccc1)NC(=O)CCc1ccccc1)C(=O)NCc1cccc2cccnc12. The van der Waals surface area contributed by atoms with E-state index < -0.39 is 42.2 Å². The Kier molecular flexibility index (Phi) is 12.0. The van der Waals surface area contributed by atoms with E-state index >= 15 is 0 Å². The Bertz CT molecular complexity index is 1480.